The maximum atomic E-state index is 12.2. The molecule has 6 rings (SSSR count). The van der Waals surface area contributed by atoms with E-state index in [1.807, 2.05) is 13.8 Å². The van der Waals surface area contributed by atoms with Gasteiger partial charge in [0.25, 0.3) is 50.6 Å². The Morgan fingerprint density at radius 2 is 0.452 bits per heavy atom. The highest BCUT2D eigenvalue weighted by Gasteiger charge is 2.30. The van der Waals surface area contributed by atoms with E-state index in [0.717, 1.165) is 12.1 Å². The molecule has 0 radical (unpaired) electrons. The van der Waals surface area contributed by atoms with Gasteiger partial charge in [-0.15, -0.1) is 0 Å². The van der Waals surface area contributed by atoms with Crippen molar-refractivity contribution in [2.24, 2.45) is 0 Å². The summed E-state index contributed by atoms with van der Waals surface area (Å²) in [4.78, 5) is -2.37. The molecule has 0 aliphatic rings. The molecular weight excluding hydrogens is 1070 g/mol. The van der Waals surface area contributed by atoms with Crippen LogP contribution in [0.25, 0.3) is 0 Å². The molecule has 0 spiro atoms. The van der Waals surface area contributed by atoms with Crippen molar-refractivity contribution in [1.82, 2.24) is 0 Å². The molecule has 6 aromatic carbocycles. The van der Waals surface area contributed by atoms with Crippen LogP contribution in [0.1, 0.15) is 115 Å². The lowest BCUT2D eigenvalue weighted by Gasteiger charge is -2.32. The summed E-state index contributed by atoms with van der Waals surface area (Å²) in [6.45, 7) is 3.72. The van der Waals surface area contributed by atoms with Crippen LogP contribution >= 0.6 is 0 Å². The van der Waals surface area contributed by atoms with Crippen molar-refractivity contribution in [3.05, 3.63) is 179 Å². The van der Waals surface area contributed by atoms with Crippen molar-refractivity contribution in [2.75, 3.05) is 0 Å². The number of hydrogen-bond acceptors (Lipinski definition) is 13. The molecule has 0 aromatic heterocycles. The molecular formula is C49H51O18S6-. The van der Waals surface area contributed by atoms with Crippen LogP contribution in [0.2, 0.25) is 0 Å². The fourth-order valence-corrected chi connectivity index (χ4v) is 12.1. The van der Waals surface area contributed by atoms with E-state index in [1.54, 1.807) is 0 Å². The van der Waals surface area contributed by atoms with E-state index in [4.69, 9.17) is 0 Å². The van der Waals surface area contributed by atoms with Crippen molar-refractivity contribution < 1.29 is 77.8 Å². The van der Waals surface area contributed by atoms with Crippen LogP contribution in [0.4, 0.5) is 0 Å². The summed E-state index contributed by atoms with van der Waals surface area (Å²) in [6.07, 6.45) is 1.24. The average molecular weight is 1120 g/mol. The largest absolute Gasteiger partial charge is 0.744 e. The first-order valence-electron chi connectivity index (χ1n) is 22.2. The van der Waals surface area contributed by atoms with Crippen LogP contribution in [-0.4, -0.2) is 77.8 Å². The zero-order chi connectivity index (χ0) is 53.9. The zero-order valence-electron chi connectivity index (χ0n) is 38.8. The maximum absolute atomic E-state index is 12.2. The minimum atomic E-state index is -4.91. The molecule has 6 unspecified atom stereocenters. The quantitative estimate of drug-likeness (QED) is 0.0396. The van der Waals surface area contributed by atoms with Crippen LogP contribution < -0.4 is 0 Å². The third-order valence-corrected chi connectivity index (χ3v) is 18.3. The molecule has 6 atom stereocenters. The maximum Gasteiger partial charge on any atom is 0.294 e. The van der Waals surface area contributed by atoms with Crippen LogP contribution in [0.5, 0.6) is 0 Å². The van der Waals surface area contributed by atoms with Gasteiger partial charge < -0.3 is 4.55 Å². The van der Waals surface area contributed by atoms with Crippen LogP contribution in [-0.2, 0) is 60.7 Å². The van der Waals surface area contributed by atoms with Gasteiger partial charge in [0.1, 0.15) is 10.1 Å². The highest BCUT2D eigenvalue weighted by Crippen LogP contribution is 2.46. The first-order chi connectivity index (χ1) is 33.8. The monoisotopic (exact) mass is 1120 g/mol. The van der Waals surface area contributed by atoms with Gasteiger partial charge >= 0.3 is 0 Å². The fraction of sp³-hybridized carbons (Fsp3) is 0.265. The first-order valence-corrected chi connectivity index (χ1v) is 30.8. The third-order valence-electron chi connectivity index (χ3n) is 13.1. The normalized spacial score (nSPS) is 15.5. The highest BCUT2D eigenvalue weighted by atomic mass is 32.2. The van der Waals surface area contributed by atoms with E-state index in [1.165, 1.54) is 133 Å². The summed E-state index contributed by atoms with van der Waals surface area (Å²) in [5.74, 6) is -2.87. The molecule has 73 heavy (non-hydrogen) atoms. The molecule has 5 N–H and O–H groups in total. The van der Waals surface area contributed by atoms with Gasteiger partial charge in [0.2, 0.25) is 0 Å². The van der Waals surface area contributed by atoms with Gasteiger partial charge in [0.05, 0.1) is 29.4 Å². The Morgan fingerprint density at radius 1 is 0.288 bits per heavy atom. The second kappa shape index (κ2) is 22.3. The van der Waals surface area contributed by atoms with E-state index in [9.17, 15) is 77.8 Å². The third kappa shape index (κ3) is 15.4. The number of hydrogen-bond donors (Lipinski definition) is 5. The van der Waals surface area contributed by atoms with Gasteiger partial charge in [0, 0.05) is 0 Å². The summed E-state index contributed by atoms with van der Waals surface area (Å²) in [6, 6.07) is 32.8. The van der Waals surface area contributed by atoms with Gasteiger partial charge in [-0.3, -0.25) is 22.8 Å². The summed E-state index contributed by atoms with van der Waals surface area (Å²) in [5.41, 5.74) is 3.62. The van der Waals surface area contributed by atoms with E-state index in [-0.39, 0.29) is 50.7 Å². The Bertz CT molecular complexity index is 3350. The van der Waals surface area contributed by atoms with Gasteiger partial charge in [-0.1, -0.05) is 86.6 Å². The standard InChI is InChI=1S/C49H52O18S6/c1-32(34-3-15-44(16-4-34)68(50,51)52)27-40(36-7-19-46(20-8-36)70(56,57)58)29-42(38-11-23-48(24-12-38)72(62,63)64)31-43(39-13-25-49(26-14-39)73(65,66)67)30-41(37-9-21-47(22-10-37)71(59,60)61)28-33(2)35-5-17-45(18-6-35)69(53,54)55/h3-26,32-33,40-43H,27-31H2,1-2H3,(H,50,51,52)(H,53,54,55)(H,56,57,58)(H,59,60,61)(H,62,63,64)(H,65,66,67)/p-1. The average Bonchev–Trinajstić information content (AvgIpc) is 3.31. The minimum absolute atomic E-state index is 0.183. The predicted molar refractivity (Wildman–Crippen MR) is 267 cm³/mol. The Hall–Kier alpha value is -5.22. The fourth-order valence-electron chi connectivity index (χ4n) is 9.21. The van der Waals surface area contributed by atoms with Gasteiger partial charge in [0.15, 0.2) is 0 Å². The molecule has 0 aliphatic heterocycles. The Labute approximate surface area is 425 Å². The van der Waals surface area contributed by atoms with E-state index in [0.29, 0.717) is 46.2 Å². The predicted octanol–water partition coefficient (Wildman–Crippen LogP) is 8.82. The lowest BCUT2D eigenvalue weighted by atomic mass is 9.72. The zero-order valence-corrected chi connectivity index (χ0v) is 43.7. The lowest BCUT2D eigenvalue weighted by molar-refractivity contribution is 0.396. The summed E-state index contributed by atoms with van der Waals surface area (Å²) < 4.78 is 206. The van der Waals surface area contributed by atoms with E-state index >= 15 is 0 Å². The van der Waals surface area contributed by atoms with Crippen molar-refractivity contribution >= 4 is 60.7 Å². The topological polar surface area (TPSA) is 329 Å². The Morgan fingerprint density at radius 3 is 0.630 bits per heavy atom. The SMILES string of the molecule is CC(CC(CC(CC(CC(CC(C)c1ccc(S(=O)(=O)O)cc1)c1ccc(S(=O)(=O)O)cc1)c1ccc(S(=O)(=O)O)cc1)c1ccc(S(=O)(=O)[O-])cc1)c1ccc(S(=O)(=O)O)cc1)c1ccc(S(=O)(=O)O)cc1. The molecule has 0 aliphatic carbocycles. The first kappa shape index (κ1) is 57.1. The Kier molecular flexibility index (Phi) is 17.4. The lowest BCUT2D eigenvalue weighted by Crippen LogP contribution is -2.16. The van der Waals surface area contributed by atoms with Crippen molar-refractivity contribution in [1.29, 1.82) is 0 Å². The van der Waals surface area contributed by atoms with Gasteiger partial charge in [-0.25, -0.2) is 8.42 Å². The number of rotatable bonds is 22. The van der Waals surface area contributed by atoms with Crippen molar-refractivity contribution in [2.45, 2.75) is 111 Å². The van der Waals surface area contributed by atoms with Crippen LogP contribution in [0.3, 0.4) is 0 Å². The second-order valence-electron chi connectivity index (χ2n) is 18.0. The van der Waals surface area contributed by atoms with E-state index < -0.39 is 94.2 Å². The summed E-state index contributed by atoms with van der Waals surface area (Å²) in [5, 5.41) is 0. The van der Waals surface area contributed by atoms with Crippen LogP contribution in [0, 0.1) is 0 Å². The van der Waals surface area contributed by atoms with Crippen molar-refractivity contribution in [3.63, 3.8) is 0 Å². The summed E-state index contributed by atoms with van der Waals surface area (Å²) >= 11 is 0. The van der Waals surface area contributed by atoms with Gasteiger partial charge in [-0.05, 0) is 174 Å². The minimum Gasteiger partial charge on any atom is -0.744 e. The second-order valence-corrected chi connectivity index (χ2v) is 26.5. The highest BCUT2D eigenvalue weighted by molar-refractivity contribution is 7.87. The molecule has 0 heterocycles. The van der Waals surface area contributed by atoms with Crippen LogP contribution in [0.15, 0.2) is 175 Å². The smallest absolute Gasteiger partial charge is 0.294 e. The molecule has 0 amide bonds. The molecule has 0 bridgehead atoms. The van der Waals surface area contributed by atoms with Crippen molar-refractivity contribution in [3.8, 4) is 0 Å². The summed E-state index contributed by atoms with van der Waals surface area (Å²) in [7, 11) is -27.9. The molecule has 0 saturated heterocycles. The molecule has 0 saturated carbocycles. The molecule has 392 valence electrons. The molecule has 6 aromatic rings. The molecule has 18 nitrogen and oxygen atoms in total. The number of benzene rings is 6. The molecule has 0 fully saturated rings. The molecule has 24 heteroatoms. The Balaban J connectivity index is 1.51. The van der Waals surface area contributed by atoms with Gasteiger partial charge in [-0.2, -0.15) is 42.1 Å². The van der Waals surface area contributed by atoms with E-state index in [2.05, 4.69) is 0 Å².